The monoisotopic (exact) mass is 251 g/mol. The van der Waals surface area contributed by atoms with Crippen LogP contribution in [0.5, 0.6) is 11.5 Å². The first-order valence-electron chi connectivity index (χ1n) is 5.99. The number of carbonyl (C=O) groups excluding carboxylic acids is 1. The van der Waals surface area contributed by atoms with E-state index in [1.54, 1.807) is 6.07 Å². The minimum atomic E-state index is -0.282. The molecule has 0 aromatic heterocycles. The summed E-state index contributed by atoms with van der Waals surface area (Å²) in [5, 5.41) is 12.4. The van der Waals surface area contributed by atoms with Crippen LogP contribution >= 0.6 is 0 Å². The van der Waals surface area contributed by atoms with Crippen LogP contribution in [0.1, 0.15) is 37.6 Å². The van der Waals surface area contributed by atoms with E-state index in [1.807, 2.05) is 0 Å². The van der Waals surface area contributed by atoms with Crippen LogP contribution in [0, 0.1) is 5.41 Å². The van der Waals surface area contributed by atoms with Crippen molar-refractivity contribution in [2.75, 3.05) is 13.7 Å². The summed E-state index contributed by atoms with van der Waals surface area (Å²) in [7, 11) is 1.52. The maximum atomic E-state index is 11.9. The van der Waals surface area contributed by atoms with Gasteiger partial charge in [-0.15, -0.1) is 0 Å². The van der Waals surface area contributed by atoms with E-state index in [0.29, 0.717) is 12.3 Å². The van der Waals surface area contributed by atoms with Crippen molar-refractivity contribution in [3.8, 4) is 11.5 Å². The Bertz CT molecular complexity index is 422. The van der Waals surface area contributed by atoms with Crippen LogP contribution in [0.4, 0.5) is 0 Å². The summed E-state index contributed by atoms with van der Waals surface area (Å²) in [4.78, 5) is 11.9. The molecule has 0 saturated carbocycles. The maximum absolute atomic E-state index is 11.9. The third kappa shape index (κ3) is 4.28. The Morgan fingerprint density at radius 2 is 2.06 bits per heavy atom. The molecule has 0 bridgehead atoms. The molecular formula is C14H21NO3. The van der Waals surface area contributed by atoms with E-state index < -0.39 is 0 Å². The Labute approximate surface area is 108 Å². The van der Waals surface area contributed by atoms with Crippen LogP contribution in [0.25, 0.3) is 0 Å². The fraction of sp³-hybridized carbons (Fsp3) is 0.500. The van der Waals surface area contributed by atoms with E-state index in [1.165, 1.54) is 19.2 Å². The minimum absolute atomic E-state index is 0.0379. The Morgan fingerprint density at radius 1 is 1.39 bits per heavy atom. The van der Waals surface area contributed by atoms with Crippen molar-refractivity contribution >= 4 is 5.91 Å². The standard InChI is InChI=1S/C14H21NO3/c1-14(2,3)7-8-15-13(17)11-9-10(18-4)5-6-12(11)16/h5-6,9,16H,7-8H2,1-4H3,(H,15,17). The van der Waals surface area contributed by atoms with E-state index in [9.17, 15) is 9.90 Å². The van der Waals surface area contributed by atoms with Gasteiger partial charge in [0.05, 0.1) is 12.7 Å². The lowest BCUT2D eigenvalue weighted by atomic mass is 9.92. The third-order valence-electron chi connectivity index (χ3n) is 2.61. The van der Waals surface area contributed by atoms with E-state index in [0.717, 1.165) is 6.42 Å². The molecule has 0 radical (unpaired) electrons. The van der Waals surface area contributed by atoms with Crippen LogP contribution < -0.4 is 10.1 Å². The fourth-order valence-corrected chi connectivity index (χ4v) is 1.47. The van der Waals surface area contributed by atoms with E-state index in [-0.39, 0.29) is 22.6 Å². The summed E-state index contributed by atoms with van der Waals surface area (Å²) in [6, 6.07) is 4.60. The lowest BCUT2D eigenvalue weighted by Gasteiger charge is -2.18. The van der Waals surface area contributed by atoms with Crippen molar-refractivity contribution in [1.82, 2.24) is 5.32 Å². The molecule has 0 atom stereocenters. The molecule has 0 aliphatic heterocycles. The van der Waals surface area contributed by atoms with Crippen LogP contribution in [0.3, 0.4) is 0 Å². The molecule has 0 saturated heterocycles. The van der Waals surface area contributed by atoms with Gasteiger partial charge in [-0.3, -0.25) is 4.79 Å². The first-order chi connectivity index (χ1) is 8.33. The number of hydrogen-bond donors (Lipinski definition) is 2. The van der Waals surface area contributed by atoms with Crippen LogP contribution in [0.2, 0.25) is 0 Å². The van der Waals surface area contributed by atoms with Crippen LogP contribution in [-0.4, -0.2) is 24.7 Å². The van der Waals surface area contributed by atoms with E-state index >= 15 is 0 Å². The van der Waals surface area contributed by atoms with Crippen molar-refractivity contribution < 1.29 is 14.6 Å². The number of rotatable bonds is 4. The number of ether oxygens (including phenoxy) is 1. The number of phenols is 1. The average molecular weight is 251 g/mol. The zero-order valence-corrected chi connectivity index (χ0v) is 11.4. The molecular weight excluding hydrogens is 230 g/mol. The minimum Gasteiger partial charge on any atom is -0.507 e. The molecule has 2 N–H and O–H groups in total. The maximum Gasteiger partial charge on any atom is 0.255 e. The molecule has 0 spiro atoms. The van der Waals surface area contributed by atoms with Gasteiger partial charge in [-0.1, -0.05) is 20.8 Å². The molecule has 18 heavy (non-hydrogen) atoms. The molecule has 4 nitrogen and oxygen atoms in total. The quantitative estimate of drug-likeness (QED) is 0.864. The second kappa shape index (κ2) is 5.76. The highest BCUT2D eigenvalue weighted by atomic mass is 16.5. The summed E-state index contributed by atoms with van der Waals surface area (Å²) in [6.07, 6.45) is 0.878. The molecule has 0 aliphatic rings. The molecule has 0 fully saturated rings. The summed E-state index contributed by atoms with van der Waals surface area (Å²) >= 11 is 0. The summed E-state index contributed by atoms with van der Waals surface area (Å²) < 4.78 is 5.03. The number of amides is 1. The summed E-state index contributed by atoms with van der Waals surface area (Å²) in [6.45, 7) is 6.92. The topological polar surface area (TPSA) is 58.6 Å². The van der Waals surface area contributed by atoms with Gasteiger partial charge in [-0.25, -0.2) is 0 Å². The van der Waals surface area contributed by atoms with Crippen molar-refractivity contribution in [1.29, 1.82) is 0 Å². The average Bonchev–Trinajstić information content (AvgIpc) is 2.27. The Balaban J connectivity index is 2.66. The Hall–Kier alpha value is -1.71. The number of benzene rings is 1. The summed E-state index contributed by atoms with van der Waals surface area (Å²) in [5.41, 5.74) is 0.409. The van der Waals surface area contributed by atoms with Crippen molar-refractivity contribution in [2.45, 2.75) is 27.2 Å². The number of carbonyl (C=O) groups is 1. The third-order valence-corrected chi connectivity index (χ3v) is 2.61. The molecule has 1 aromatic rings. The first kappa shape index (κ1) is 14.4. The highest BCUT2D eigenvalue weighted by Gasteiger charge is 2.14. The Morgan fingerprint density at radius 3 is 2.61 bits per heavy atom. The molecule has 0 unspecified atom stereocenters. The zero-order valence-electron chi connectivity index (χ0n) is 11.4. The SMILES string of the molecule is COc1ccc(O)c(C(=O)NCCC(C)(C)C)c1. The van der Waals surface area contributed by atoms with Crippen molar-refractivity contribution in [3.63, 3.8) is 0 Å². The first-order valence-corrected chi connectivity index (χ1v) is 5.99. The molecule has 4 heteroatoms. The van der Waals surface area contributed by atoms with Gasteiger partial charge >= 0.3 is 0 Å². The highest BCUT2D eigenvalue weighted by molar-refractivity contribution is 5.97. The fourth-order valence-electron chi connectivity index (χ4n) is 1.47. The number of methoxy groups -OCH3 is 1. The molecule has 0 heterocycles. The molecule has 1 aromatic carbocycles. The number of phenolic OH excluding ortho intramolecular Hbond substituents is 1. The summed E-state index contributed by atoms with van der Waals surface area (Å²) in [5.74, 6) is 0.230. The van der Waals surface area contributed by atoms with Gasteiger partial charge in [0.1, 0.15) is 11.5 Å². The van der Waals surface area contributed by atoms with Gasteiger partial charge in [-0.05, 0) is 30.0 Å². The van der Waals surface area contributed by atoms with Gasteiger partial charge in [0, 0.05) is 6.54 Å². The largest absolute Gasteiger partial charge is 0.507 e. The molecule has 1 amide bonds. The lowest BCUT2D eigenvalue weighted by molar-refractivity contribution is 0.0946. The van der Waals surface area contributed by atoms with Gasteiger partial charge in [-0.2, -0.15) is 0 Å². The van der Waals surface area contributed by atoms with Crippen LogP contribution in [0.15, 0.2) is 18.2 Å². The van der Waals surface area contributed by atoms with Gasteiger partial charge in [0.25, 0.3) is 5.91 Å². The molecule has 100 valence electrons. The zero-order chi connectivity index (χ0) is 13.8. The predicted octanol–water partition coefficient (Wildman–Crippen LogP) is 2.57. The van der Waals surface area contributed by atoms with E-state index in [4.69, 9.17) is 4.74 Å². The van der Waals surface area contributed by atoms with Gasteiger partial charge in [0.15, 0.2) is 0 Å². The van der Waals surface area contributed by atoms with Crippen molar-refractivity contribution in [3.05, 3.63) is 23.8 Å². The Kier molecular flexibility index (Phi) is 4.59. The van der Waals surface area contributed by atoms with Crippen molar-refractivity contribution in [2.24, 2.45) is 5.41 Å². The second-order valence-corrected chi connectivity index (χ2v) is 5.45. The lowest BCUT2D eigenvalue weighted by Crippen LogP contribution is -2.27. The molecule has 1 rings (SSSR count). The van der Waals surface area contributed by atoms with Crippen LogP contribution in [-0.2, 0) is 0 Å². The van der Waals surface area contributed by atoms with E-state index in [2.05, 4.69) is 26.1 Å². The number of aromatic hydroxyl groups is 1. The van der Waals surface area contributed by atoms with Gasteiger partial charge < -0.3 is 15.2 Å². The number of nitrogens with one attached hydrogen (secondary N) is 1. The second-order valence-electron chi connectivity index (χ2n) is 5.45. The highest BCUT2D eigenvalue weighted by Crippen LogP contribution is 2.23. The number of hydrogen-bond acceptors (Lipinski definition) is 3. The normalized spacial score (nSPS) is 11.1. The van der Waals surface area contributed by atoms with Gasteiger partial charge in [0.2, 0.25) is 0 Å². The smallest absolute Gasteiger partial charge is 0.255 e. The predicted molar refractivity (Wildman–Crippen MR) is 71.1 cm³/mol. The molecule has 0 aliphatic carbocycles.